The summed E-state index contributed by atoms with van der Waals surface area (Å²) in [5.41, 5.74) is 0.327. The van der Waals surface area contributed by atoms with E-state index in [-0.39, 0.29) is 0 Å². The van der Waals surface area contributed by atoms with Crippen molar-refractivity contribution in [1.29, 1.82) is 0 Å². The van der Waals surface area contributed by atoms with Crippen LogP contribution in [0.5, 0.6) is 6.01 Å². The van der Waals surface area contributed by atoms with Gasteiger partial charge >= 0.3 is 6.01 Å². The molecule has 1 aromatic rings. The van der Waals surface area contributed by atoms with Gasteiger partial charge in [-0.25, -0.2) is 0 Å². The van der Waals surface area contributed by atoms with Crippen molar-refractivity contribution >= 4 is 11.9 Å². The Balaban J connectivity index is 2.07. The predicted octanol–water partition coefficient (Wildman–Crippen LogP) is 2.69. The van der Waals surface area contributed by atoms with Gasteiger partial charge in [-0.05, 0) is 24.7 Å². The number of anilines is 2. The monoisotopic (exact) mass is 279 g/mol. The van der Waals surface area contributed by atoms with E-state index in [1.165, 1.54) is 0 Å². The molecule has 6 heteroatoms. The van der Waals surface area contributed by atoms with Crippen molar-refractivity contribution in [2.45, 2.75) is 53.0 Å². The number of nitrogens with zero attached hydrogens (tertiary/aromatic N) is 3. The molecule has 2 rings (SSSR count). The largest absolute Gasteiger partial charge is 0.463 e. The number of ether oxygens (including phenoxy) is 1. The molecule has 0 amide bonds. The normalized spacial score (nSPS) is 19.5. The molecule has 0 aliphatic heterocycles. The quantitative estimate of drug-likeness (QED) is 0.762. The summed E-state index contributed by atoms with van der Waals surface area (Å²) in [6.45, 7) is 10.1. The third-order valence-corrected chi connectivity index (χ3v) is 3.40. The average Bonchev–Trinajstić information content (AvgIpc) is 3.00. The van der Waals surface area contributed by atoms with E-state index in [1.54, 1.807) is 0 Å². The molecular weight excluding hydrogens is 254 g/mol. The van der Waals surface area contributed by atoms with Crippen molar-refractivity contribution in [3.63, 3.8) is 0 Å². The summed E-state index contributed by atoms with van der Waals surface area (Å²) in [5.74, 6) is 1.18. The molecule has 0 aromatic carbocycles. The van der Waals surface area contributed by atoms with Crippen LogP contribution in [0.3, 0.4) is 0 Å². The van der Waals surface area contributed by atoms with Crippen LogP contribution in [-0.4, -0.2) is 34.1 Å². The lowest BCUT2D eigenvalue weighted by molar-refractivity contribution is 0.292. The number of nitrogens with one attached hydrogen (secondary N) is 2. The maximum Gasteiger partial charge on any atom is 0.323 e. The van der Waals surface area contributed by atoms with Crippen molar-refractivity contribution < 1.29 is 4.74 Å². The van der Waals surface area contributed by atoms with Gasteiger partial charge in [-0.3, -0.25) is 0 Å². The number of aromatic nitrogens is 3. The summed E-state index contributed by atoms with van der Waals surface area (Å²) in [6, 6.07) is 0.823. The Morgan fingerprint density at radius 1 is 1.15 bits per heavy atom. The van der Waals surface area contributed by atoms with Crippen LogP contribution >= 0.6 is 0 Å². The Morgan fingerprint density at radius 3 is 2.45 bits per heavy atom. The minimum Gasteiger partial charge on any atom is -0.463 e. The molecule has 0 saturated heterocycles. The Bertz CT molecular complexity index is 423. The standard InChI is InChI=1S/C14H25N5O/c1-5-7-15-11-17-12(16-10-9-14(10,3)4)19-13(18-11)20-8-6-2/h10H,5-9H2,1-4H3,(H2,15,16,17,18,19). The van der Waals surface area contributed by atoms with E-state index >= 15 is 0 Å². The first kappa shape index (κ1) is 14.8. The highest BCUT2D eigenvalue weighted by molar-refractivity contribution is 5.38. The highest BCUT2D eigenvalue weighted by Gasteiger charge is 2.46. The summed E-state index contributed by atoms with van der Waals surface area (Å²) in [5, 5.41) is 6.54. The highest BCUT2D eigenvalue weighted by Crippen LogP contribution is 2.46. The van der Waals surface area contributed by atoms with Crippen LogP contribution < -0.4 is 15.4 Å². The lowest BCUT2D eigenvalue weighted by Gasteiger charge is -2.11. The zero-order chi connectivity index (χ0) is 14.6. The van der Waals surface area contributed by atoms with E-state index in [2.05, 4.69) is 53.3 Å². The fraction of sp³-hybridized carbons (Fsp3) is 0.786. The van der Waals surface area contributed by atoms with Gasteiger partial charge in [-0.15, -0.1) is 0 Å². The molecular formula is C14H25N5O. The molecule has 1 saturated carbocycles. The highest BCUT2D eigenvalue weighted by atomic mass is 16.5. The van der Waals surface area contributed by atoms with Crippen molar-refractivity contribution in [2.75, 3.05) is 23.8 Å². The van der Waals surface area contributed by atoms with Crippen LogP contribution in [-0.2, 0) is 0 Å². The van der Waals surface area contributed by atoms with E-state index in [9.17, 15) is 0 Å². The zero-order valence-corrected chi connectivity index (χ0v) is 12.9. The number of hydrogen-bond acceptors (Lipinski definition) is 6. The third-order valence-electron chi connectivity index (χ3n) is 3.40. The molecule has 1 heterocycles. The minimum atomic E-state index is 0.327. The van der Waals surface area contributed by atoms with E-state index in [0.29, 0.717) is 36.0 Å². The fourth-order valence-electron chi connectivity index (χ4n) is 1.86. The van der Waals surface area contributed by atoms with E-state index in [4.69, 9.17) is 4.74 Å². The first-order valence-corrected chi connectivity index (χ1v) is 7.44. The van der Waals surface area contributed by atoms with Crippen molar-refractivity contribution in [1.82, 2.24) is 15.0 Å². The zero-order valence-electron chi connectivity index (χ0n) is 12.9. The Hall–Kier alpha value is -1.59. The minimum absolute atomic E-state index is 0.327. The SMILES string of the molecule is CCCNc1nc(NC2CC2(C)C)nc(OCCC)n1. The van der Waals surface area contributed by atoms with E-state index < -0.39 is 0 Å². The number of rotatable bonds is 8. The van der Waals surface area contributed by atoms with Gasteiger partial charge in [-0.2, -0.15) is 15.0 Å². The molecule has 20 heavy (non-hydrogen) atoms. The van der Waals surface area contributed by atoms with Gasteiger partial charge in [0, 0.05) is 12.6 Å². The smallest absolute Gasteiger partial charge is 0.323 e. The molecule has 0 spiro atoms. The second-order valence-electron chi connectivity index (χ2n) is 5.93. The Kier molecular flexibility index (Phi) is 4.62. The van der Waals surface area contributed by atoms with Gasteiger partial charge in [0.1, 0.15) is 0 Å². The van der Waals surface area contributed by atoms with Crippen LogP contribution in [0, 0.1) is 5.41 Å². The first-order chi connectivity index (χ1) is 9.55. The van der Waals surface area contributed by atoms with Crippen LogP contribution in [0.2, 0.25) is 0 Å². The average molecular weight is 279 g/mol. The summed E-state index contributed by atoms with van der Waals surface area (Å²) in [4.78, 5) is 13.0. The van der Waals surface area contributed by atoms with Gasteiger partial charge in [0.2, 0.25) is 11.9 Å². The first-order valence-electron chi connectivity index (χ1n) is 7.44. The van der Waals surface area contributed by atoms with Crippen molar-refractivity contribution in [2.24, 2.45) is 5.41 Å². The van der Waals surface area contributed by atoms with E-state index in [0.717, 1.165) is 25.8 Å². The van der Waals surface area contributed by atoms with Gasteiger partial charge in [0.05, 0.1) is 6.61 Å². The molecule has 1 unspecified atom stereocenters. The predicted molar refractivity (Wildman–Crippen MR) is 80.2 cm³/mol. The Labute approximate surface area is 120 Å². The molecule has 2 N–H and O–H groups in total. The maximum atomic E-state index is 5.53. The van der Waals surface area contributed by atoms with Crippen LogP contribution in [0.25, 0.3) is 0 Å². The van der Waals surface area contributed by atoms with Gasteiger partial charge in [0.25, 0.3) is 0 Å². The molecule has 1 fully saturated rings. The summed E-state index contributed by atoms with van der Waals surface area (Å²) >= 11 is 0. The lowest BCUT2D eigenvalue weighted by Crippen LogP contribution is -2.15. The van der Waals surface area contributed by atoms with E-state index in [1.807, 2.05) is 0 Å². The lowest BCUT2D eigenvalue weighted by atomic mass is 10.2. The molecule has 1 atom stereocenters. The molecule has 1 aliphatic rings. The Morgan fingerprint density at radius 2 is 1.85 bits per heavy atom. The molecule has 1 aromatic heterocycles. The molecule has 112 valence electrons. The summed E-state index contributed by atoms with van der Waals surface area (Å²) in [6.07, 6.45) is 3.10. The van der Waals surface area contributed by atoms with Crippen molar-refractivity contribution in [3.8, 4) is 6.01 Å². The second kappa shape index (κ2) is 6.24. The van der Waals surface area contributed by atoms with Gasteiger partial charge in [-0.1, -0.05) is 27.7 Å². The van der Waals surface area contributed by atoms with Crippen molar-refractivity contribution in [3.05, 3.63) is 0 Å². The fourth-order valence-corrected chi connectivity index (χ4v) is 1.86. The van der Waals surface area contributed by atoms with Crippen LogP contribution in [0.15, 0.2) is 0 Å². The third kappa shape index (κ3) is 3.95. The number of hydrogen-bond donors (Lipinski definition) is 2. The topological polar surface area (TPSA) is 72.0 Å². The molecule has 1 aliphatic carbocycles. The second-order valence-corrected chi connectivity index (χ2v) is 5.93. The molecule has 0 bridgehead atoms. The van der Waals surface area contributed by atoms with Gasteiger partial charge < -0.3 is 15.4 Å². The summed E-state index contributed by atoms with van der Waals surface area (Å²) < 4.78 is 5.53. The van der Waals surface area contributed by atoms with Crippen LogP contribution in [0.1, 0.15) is 47.0 Å². The van der Waals surface area contributed by atoms with Gasteiger partial charge in [0.15, 0.2) is 0 Å². The molecule has 0 radical (unpaired) electrons. The van der Waals surface area contributed by atoms with Crippen LogP contribution in [0.4, 0.5) is 11.9 Å². The summed E-state index contributed by atoms with van der Waals surface area (Å²) in [7, 11) is 0. The molecule has 6 nitrogen and oxygen atoms in total. The maximum absolute atomic E-state index is 5.53.